The highest BCUT2D eigenvalue weighted by Crippen LogP contribution is 2.28. The molecule has 4 rings (SSSR count). The lowest BCUT2D eigenvalue weighted by Crippen LogP contribution is -2.15. The minimum absolute atomic E-state index is 0.433. The molecule has 0 fully saturated rings. The summed E-state index contributed by atoms with van der Waals surface area (Å²) < 4.78 is 8.11. The largest absolute Gasteiger partial charge is 0.459 e. The molecule has 4 aromatic rings. The van der Waals surface area contributed by atoms with Gasteiger partial charge in [0.05, 0.1) is 6.54 Å². The maximum atomic E-state index is 6.06. The highest BCUT2D eigenvalue weighted by Gasteiger charge is 2.10. The Balaban J connectivity index is 1.55. The first-order chi connectivity index (χ1) is 13.1. The van der Waals surface area contributed by atoms with Crippen molar-refractivity contribution in [2.24, 2.45) is 0 Å². The van der Waals surface area contributed by atoms with Crippen molar-refractivity contribution in [1.29, 1.82) is 0 Å². The second-order valence-electron chi connectivity index (χ2n) is 5.81. The summed E-state index contributed by atoms with van der Waals surface area (Å²) in [7, 11) is 0. The van der Waals surface area contributed by atoms with Gasteiger partial charge in [0.25, 0.3) is 0 Å². The molecule has 0 aliphatic rings. The predicted molar refractivity (Wildman–Crippen MR) is 110 cm³/mol. The Labute approximate surface area is 170 Å². The molecule has 0 atom stereocenters. The van der Waals surface area contributed by atoms with Crippen molar-refractivity contribution in [2.75, 3.05) is 5.43 Å². The van der Waals surface area contributed by atoms with Crippen LogP contribution in [-0.4, -0.2) is 14.9 Å². The summed E-state index contributed by atoms with van der Waals surface area (Å²) in [6, 6.07) is 18.9. The van der Waals surface area contributed by atoms with E-state index in [2.05, 4.69) is 15.6 Å². The Hall–Kier alpha value is -2.54. The molecule has 0 aliphatic heterocycles. The predicted octanol–water partition coefficient (Wildman–Crippen LogP) is 5.92. The molecule has 136 valence electrons. The van der Waals surface area contributed by atoms with E-state index in [1.165, 1.54) is 0 Å². The molecule has 0 saturated heterocycles. The number of aromatic amines is 1. The van der Waals surface area contributed by atoms with Gasteiger partial charge < -0.3 is 9.84 Å². The summed E-state index contributed by atoms with van der Waals surface area (Å²) in [6.45, 7) is 0.433. The van der Waals surface area contributed by atoms with Crippen LogP contribution in [0.2, 0.25) is 10.0 Å². The summed E-state index contributed by atoms with van der Waals surface area (Å²) in [5.74, 6) is 2.13. The van der Waals surface area contributed by atoms with E-state index in [1.54, 1.807) is 10.7 Å². The van der Waals surface area contributed by atoms with E-state index < -0.39 is 0 Å². The van der Waals surface area contributed by atoms with Gasteiger partial charge in [-0.3, -0.25) is 0 Å². The first-order valence-corrected chi connectivity index (χ1v) is 9.28. The third-order valence-electron chi connectivity index (χ3n) is 3.92. The molecule has 2 aromatic heterocycles. The number of H-pyrrole nitrogens is 1. The van der Waals surface area contributed by atoms with Gasteiger partial charge in [0.15, 0.2) is 5.82 Å². The SMILES string of the molecule is S=c1[nH]nc(-c2ccccc2)n1NCc1ccc(-c2cc(Cl)cc(Cl)c2)o1. The number of rotatable bonds is 5. The van der Waals surface area contributed by atoms with Gasteiger partial charge in [-0.25, -0.2) is 9.77 Å². The van der Waals surface area contributed by atoms with Crippen molar-refractivity contribution in [3.05, 3.63) is 81.2 Å². The average molecular weight is 417 g/mol. The molecule has 2 aromatic carbocycles. The minimum Gasteiger partial charge on any atom is -0.459 e. The molecule has 27 heavy (non-hydrogen) atoms. The Morgan fingerprint density at radius 3 is 2.48 bits per heavy atom. The van der Waals surface area contributed by atoms with Crippen molar-refractivity contribution in [1.82, 2.24) is 14.9 Å². The van der Waals surface area contributed by atoms with E-state index in [9.17, 15) is 0 Å². The van der Waals surface area contributed by atoms with Gasteiger partial charge in [0, 0.05) is 21.2 Å². The van der Waals surface area contributed by atoms with Gasteiger partial charge in [0.1, 0.15) is 11.5 Å². The summed E-state index contributed by atoms with van der Waals surface area (Å²) in [6.07, 6.45) is 0. The smallest absolute Gasteiger partial charge is 0.214 e. The lowest BCUT2D eigenvalue weighted by Gasteiger charge is -2.08. The average Bonchev–Trinajstić information content (AvgIpc) is 3.27. The molecule has 0 aliphatic carbocycles. The van der Waals surface area contributed by atoms with Crippen molar-refractivity contribution >= 4 is 35.4 Å². The minimum atomic E-state index is 0.433. The van der Waals surface area contributed by atoms with Crippen LogP contribution in [0, 0.1) is 4.77 Å². The van der Waals surface area contributed by atoms with Crippen LogP contribution in [0.5, 0.6) is 0 Å². The van der Waals surface area contributed by atoms with Crippen LogP contribution < -0.4 is 5.43 Å². The molecule has 2 heterocycles. The van der Waals surface area contributed by atoms with Crippen molar-refractivity contribution in [3.63, 3.8) is 0 Å². The van der Waals surface area contributed by atoms with E-state index in [4.69, 9.17) is 39.8 Å². The monoisotopic (exact) mass is 416 g/mol. The Morgan fingerprint density at radius 2 is 1.74 bits per heavy atom. The van der Waals surface area contributed by atoms with Crippen LogP contribution in [0.4, 0.5) is 0 Å². The third-order valence-corrected chi connectivity index (χ3v) is 4.63. The van der Waals surface area contributed by atoms with Gasteiger partial charge in [-0.2, -0.15) is 5.10 Å². The fourth-order valence-corrected chi connectivity index (χ4v) is 3.43. The molecule has 0 radical (unpaired) electrons. The Bertz CT molecular complexity index is 1110. The molecule has 0 amide bonds. The number of hydrogen-bond acceptors (Lipinski definition) is 4. The molecule has 0 saturated carbocycles. The van der Waals surface area contributed by atoms with Gasteiger partial charge >= 0.3 is 0 Å². The topological polar surface area (TPSA) is 58.8 Å². The number of halogens is 2. The number of furan rings is 1. The fraction of sp³-hybridized carbons (Fsp3) is 0.0526. The molecule has 0 spiro atoms. The second kappa shape index (κ2) is 7.60. The zero-order valence-electron chi connectivity index (χ0n) is 13.9. The number of nitrogens with zero attached hydrogens (tertiary/aromatic N) is 2. The number of hydrogen-bond donors (Lipinski definition) is 2. The van der Waals surface area contributed by atoms with Crippen molar-refractivity contribution < 1.29 is 4.42 Å². The normalized spacial score (nSPS) is 10.9. The zero-order valence-corrected chi connectivity index (χ0v) is 16.3. The third kappa shape index (κ3) is 3.93. The van der Waals surface area contributed by atoms with Crippen LogP contribution in [0.1, 0.15) is 5.76 Å². The van der Waals surface area contributed by atoms with Gasteiger partial charge in [-0.05, 0) is 42.5 Å². The first-order valence-electron chi connectivity index (χ1n) is 8.12. The van der Waals surface area contributed by atoms with Crippen LogP contribution >= 0.6 is 35.4 Å². The summed E-state index contributed by atoms with van der Waals surface area (Å²) in [4.78, 5) is 0. The van der Waals surface area contributed by atoms with E-state index in [-0.39, 0.29) is 0 Å². The molecule has 8 heteroatoms. The quantitative estimate of drug-likeness (QED) is 0.396. The van der Waals surface area contributed by atoms with E-state index in [0.717, 1.165) is 16.9 Å². The van der Waals surface area contributed by atoms with E-state index in [1.807, 2.05) is 54.6 Å². The number of nitrogens with one attached hydrogen (secondary N) is 2. The van der Waals surface area contributed by atoms with Crippen LogP contribution in [0.15, 0.2) is 65.1 Å². The van der Waals surface area contributed by atoms with Crippen LogP contribution in [0.3, 0.4) is 0 Å². The highest BCUT2D eigenvalue weighted by atomic mass is 35.5. The van der Waals surface area contributed by atoms with Crippen molar-refractivity contribution in [3.8, 4) is 22.7 Å². The Kier molecular flexibility index (Phi) is 5.03. The summed E-state index contributed by atoms with van der Waals surface area (Å²) in [5.41, 5.74) is 5.01. The summed E-state index contributed by atoms with van der Waals surface area (Å²) >= 11 is 17.5. The maximum Gasteiger partial charge on any atom is 0.214 e. The van der Waals surface area contributed by atoms with Crippen LogP contribution in [0.25, 0.3) is 22.7 Å². The lowest BCUT2D eigenvalue weighted by molar-refractivity contribution is 0.523. The number of benzene rings is 2. The maximum absolute atomic E-state index is 6.06. The molecular weight excluding hydrogens is 403 g/mol. The molecule has 0 unspecified atom stereocenters. The molecule has 2 N–H and O–H groups in total. The van der Waals surface area contributed by atoms with Gasteiger partial charge in [-0.15, -0.1) is 0 Å². The molecule has 5 nitrogen and oxygen atoms in total. The highest BCUT2D eigenvalue weighted by molar-refractivity contribution is 7.71. The standard InChI is InChI=1S/C19H14Cl2N4OS/c20-14-8-13(9-15(21)10-14)17-7-6-16(26-17)11-22-25-18(23-24-19(25)27)12-4-2-1-3-5-12/h1-10,22H,11H2,(H,24,27). The Morgan fingerprint density at radius 1 is 1.00 bits per heavy atom. The van der Waals surface area contributed by atoms with Gasteiger partial charge in [0.2, 0.25) is 4.77 Å². The second-order valence-corrected chi connectivity index (χ2v) is 7.07. The summed E-state index contributed by atoms with van der Waals surface area (Å²) in [5, 5.41) is 8.22. The zero-order chi connectivity index (χ0) is 18.8. The van der Waals surface area contributed by atoms with Crippen LogP contribution in [-0.2, 0) is 6.54 Å². The van der Waals surface area contributed by atoms with Crippen molar-refractivity contribution in [2.45, 2.75) is 6.54 Å². The van der Waals surface area contributed by atoms with E-state index >= 15 is 0 Å². The van der Waals surface area contributed by atoms with Gasteiger partial charge in [-0.1, -0.05) is 53.5 Å². The first kappa shape index (κ1) is 17.9. The molecule has 0 bridgehead atoms. The number of aromatic nitrogens is 3. The lowest BCUT2D eigenvalue weighted by atomic mass is 10.2. The fourth-order valence-electron chi connectivity index (χ4n) is 2.71. The van der Waals surface area contributed by atoms with E-state index in [0.29, 0.717) is 32.9 Å². The molecular formula is C19H14Cl2N4OS.